The number of hydrogen-bond donors (Lipinski definition) is 0. The Labute approximate surface area is 151 Å². The monoisotopic (exact) mass is 356 g/mol. The zero-order valence-corrected chi connectivity index (χ0v) is 14.9. The molecule has 5 nitrogen and oxygen atoms in total. The number of benzene rings is 1. The summed E-state index contributed by atoms with van der Waals surface area (Å²) in [7, 11) is 0. The number of rotatable bonds is 7. The predicted octanol–water partition coefficient (Wildman–Crippen LogP) is 3.42. The molecule has 3 rings (SSSR count). The number of aryl methyl sites for hydroxylation is 1. The lowest BCUT2D eigenvalue weighted by Crippen LogP contribution is -2.37. The molecule has 2 aromatic rings. The first-order valence-electron chi connectivity index (χ1n) is 8.29. The predicted molar refractivity (Wildman–Crippen MR) is 97.0 cm³/mol. The Morgan fingerprint density at radius 3 is 2.72 bits per heavy atom. The number of amides is 1. The molecule has 0 saturated carbocycles. The SMILES string of the molecule is CCc1cccnc1CCOC1C(=O)SC(=O)N1Cc1ccccc1. The third-order valence-electron chi connectivity index (χ3n) is 4.08. The largest absolute Gasteiger partial charge is 0.350 e. The summed E-state index contributed by atoms with van der Waals surface area (Å²) >= 11 is 0.717. The Hall–Kier alpha value is -2.18. The van der Waals surface area contributed by atoms with Crippen molar-refractivity contribution in [1.82, 2.24) is 9.88 Å². The quantitative estimate of drug-likeness (QED) is 0.761. The normalized spacial score (nSPS) is 17.3. The topological polar surface area (TPSA) is 59.5 Å². The van der Waals surface area contributed by atoms with E-state index in [1.807, 2.05) is 42.5 Å². The Bertz CT molecular complexity index is 751. The number of pyridine rings is 1. The van der Waals surface area contributed by atoms with Gasteiger partial charge in [-0.1, -0.05) is 43.3 Å². The summed E-state index contributed by atoms with van der Waals surface area (Å²) in [6, 6.07) is 13.6. The van der Waals surface area contributed by atoms with E-state index in [-0.39, 0.29) is 10.4 Å². The molecule has 0 radical (unpaired) electrons. The van der Waals surface area contributed by atoms with Crippen molar-refractivity contribution >= 4 is 22.1 Å². The van der Waals surface area contributed by atoms with Crippen molar-refractivity contribution in [2.24, 2.45) is 0 Å². The first-order valence-corrected chi connectivity index (χ1v) is 9.11. The van der Waals surface area contributed by atoms with Gasteiger partial charge in [0.25, 0.3) is 5.24 Å². The van der Waals surface area contributed by atoms with Gasteiger partial charge in [0.2, 0.25) is 11.3 Å². The molecule has 1 aromatic carbocycles. The second kappa shape index (κ2) is 8.27. The van der Waals surface area contributed by atoms with E-state index in [2.05, 4.69) is 11.9 Å². The minimum atomic E-state index is -0.827. The molecule has 1 atom stereocenters. The van der Waals surface area contributed by atoms with Gasteiger partial charge >= 0.3 is 0 Å². The fourth-order valence-electron chi connectivity index (χ4n) is 2.79. The summed E-state index contributed by atoms with van der Waals surface area (Å²) in [5.74, 6) is 0. The van der Waals surface area contributed by atoms with E-state index in [0.717, 1.165) is 29.4 Å². The zero-order valence-electron chi connectivity index (χ0n) is 14.1. The van der Waals surface area contributed by atoms with E-state index >= 15 is 0 Å². The maximum Gasteiger partial charge on any atom is 0.292 e. The number of carbonyl (C=O) groups excluding carboxylic acids is 2. The van der Waals surface area contributed by atoms with E-state index in [0.29, 0.717) is 19.6 Å². The van der Waals surface area contributed by atoms with E-state index < -0.39 is 6.23 Å². The number of carbonyl (C=O) groups is 2. The minimum absolute atomic E-state index is 0.252. The molecule has 130 valence electrons. The number of aromatic nitrogens is 1. The smallest absolute Gasteiger partial charge is 0.292 e. The molecular formula is C19H20N2O3S. The Morgan fingerprint density at radius 2 is 1.96 bits per heavy atom. The fourth-order valence-corrected chi connectivity index (χ4v) is 3.53. The zero-order chi connectivity index (χ0) is 17.6. The van der Waals surface area contributed by atoms with Crippen LogP contribution in [0.15, 0.2) is 48.7 Å². The van der Waals surface area contributed by atoms with Crippen LogP contribution in [0.5, 0.6) is 0 Å². The first-order chi connectivity index (χ1) is 12.2. The van der Waals surface area contributed by atoms with E-state index in [1.54, 1.807) is 6.20 Å². The fraction of sp³-hybridized carbons (Fsp3) is 0.316. The highest BCUT2D eigenvalue weighted by atomic mass is 32.2. The lowest BCUT2D eigenvalue weighted by Gasteiger charge is -2.22. The highest BCUT2D eigenvalue weighted by molar-refractivity contribution is 8.26. The molecule has 1 aromatic heterocycles. The van der Waals surface area contributed by atoms with Gasteiger partial charge in [0, 0.05) is 36.6 Å². The molecule has 0 aliphatic carbocycles. The standard InChI is InChI=1S/C19H20N2O3S/c1-2-15-9-6-11-20-16(15)10-12-24-17-18(22)25-19(23)21(17)13-14-7-4-3-5-8-14/h3-9,11,17H,2,10,12-13H2,1H3. The molecule has 1 saturated heterocycles. The summed E-state index contributed by atoms with van der Waals surface area (Å²) in [5, 5.41) is -0.511. The Morgan fingerprint density at radius 1 is 1.16 bits per heavy atom. The lowest BCUT2D eigenvalue weighted by molar-refractivity contribution is -0.129. The summed E-state index contributed by atoms with van der Waals surface area (Å²) in [6.45, 7) is 2.80. The van der Waals surface area contributed by atoms with Crippen LogP contribution in [-0.4, -0.2) is 33.1 Å². The summed E-state index contributed by atoms with van der Waals surface area (Å²) < 4.78 is 5.77. The van der Waals surface area contributed by atoms with Crippen molar-refractivity contribution in [3.8, 4) is 0 Å². The van der Waals surface area contributed by atoms with Gasteiger partial charge in [-0.2, -0.15) is 0 Å². The van der Waals surface area contributed by atoms with Crippen LogP contribution in [0.25, 0.3) is 0 Å². The van der Waals surface area contributed by atoms with Crippen molar-refractivity contribution < 1.29 is 14.3 Å². The number of nitrogens with zero attached hydrogens (tertiary/aromatic N) is 2. The third kappa shape index (κ3) is 4.27. The second-order valence-corrected chi connectivity index (χ2v) is 6.69. The minimum Gasteiger partial charge on any atom is -0.350 e. The van der Waals surface area contributed by atoms with Crippen LogP contribution >= 0.6 is 11.8 Å². The van der Waals surface area contributed by atoms with Gasteiger partial charge in [0.1, 0.15) is 0 Å². The summed E-state index contributed by atoms with van der Waals surface area (Å²) in [6.07, 6.45) is 2.45. The van der Waals surface area contributed by atoms with Crippen molar-refractivity contribution in [1.29, 1.82) is 0 Å². The molecule has 2 heterocycles. The van der Waals surface area contributed by atoms with E-state index in [4.69, 9.17) is 4.74 Å². The number of hydrogen-bond acceptors (Lipinski definition) is 5. The Kier molecular flexibility index (Phi) is 5.83. The van der Waals surface area contributed by atoms with Gasteiger partial charge in [-0.25, -0.2) is 0 Å². The molecule has 1 aliphatic rings. The number of thioether (sulfide) groups is 1. The van der Waals surface area contributed by atoms with E-state index in [1.165, 1.54) is 10.5 Å². The molecule has 1 unspecified atom stereocenters. The van der Waals surface area contributed by atoms with Crippen LogP contribution in [0.3, 0.4) is 0 Å². The second-order valence-electron chi connectivity index (χ2n) is 5.74. The molecule has 6 heteroatoms. The van der Waals surface area contributed by atoms with Crippen molar-refractivity contribution in [2.75, 3.05) is 6.61 Å². The van der Waals surface area contributed by atoms with Crippen molar-refractivity contribution in [3.63, 3.8) is 0 Å². The average Bonchev–Trinajstić information content (AvgIpc) is 2.90. The molecule has 1 aliphatic heterocycles. The van der Waals surface area contributed by atoms with E-state index in [9.17, 15) is 9.59 Å². The van der Waals surface area contributed by atoms with Crippen LogP contribution in [-0.2, 0) is 28.9 Å². The van der Waals surface area contributed by atoms with Gasteiger partial charge in [-0.05, 0) is 23.6 Å². The van der Waals surface area contributed by atoms with Crippen LogP contribution < -0.4 is 0 Å². The molecular weight excluding hydrogens is 336 g/mol. The van der Waals surface area contributed by atoms with Crippen molar-refractivity contribution in [3.05, 3.63) is 65.5 Å². The van der Waals surface area contributed by atoms with Gasteiger partial charge < -0.3 is 4.74 Å². The first kappa shape index (κ1) is 17.6. The highest BCUT2D eigenvalue weighted by Crippen LogP contribution is 2.28. The highest BCUT2D eigenvalue weighted by Gasteiger charge is 2.40. The van der Waals surface area contributed by atoms with Crippen LogP contribution in [0, 0.1) is 0 Å². The maximum absolute atomic E-state index is 12.1. The average molecular weight is 356 g/mol. The number of ether oxygens (including phenoxy) is 1. The third-order valence-corrected chi connectivity index (χ3v) is 4.89. The summed E-state index contributed by atoms with van der Waals surface area (Å²) in [4.78, 5) is 30.1. The van der Waals surface area contributed by atoms with Gasteiger partial charge in [0.15, 0.2) is 0 Å². The molecule has 0 spiro atoms. The van der Waals surface area contributed by atoms with Gasteiger partial charge in [-0.3, -0.25) is 19.5 Å². The van der Waals surface area contributed by atoms with Crippen LogP contribution in [0.1, 0.15) is 23.7 Å². The van der Waals surface area contributed by atoms with Gasteiger partial charge in [0.05, 0.1) is 6.61 Å². The maximum atomic E-state index is 12.1. The van der Waals surface area contributed by atoms with Gasteiger partial charge in [-0.15, -0.1) is 0 Å². The van der Waals surface area contributed by atoms with Crippen LogP contribution in [0.2, 0.25) is 0 Å². The summed E-state index contributed by atoms with van der Waals surface area (Å²) in [5.41, 5.74) is 3.12. The molecule has 25 heavy (non-hydrogen) atoms. The molecule has 1 amide bonds. The molecule has 0 bridgehead atoms. The lowest BCUT2D eigenvalue weighted by atomic mass is 10.1. The van der Waals surface area contributed by atoms with Crippen molar-refractivity contribution in [2.45, 2.75) is 32.5 Å². The molecule has 1 fully saturated rings. The Balaban J connectivity index is 1.63. The van der Waals surface area contributed by atoms with Crippen LogP contribution in [0.4, 0.5) is 4.79 Å². The molecule has 0 N–H and O–H groups in total.